The van der Waals surface area contributed by atoms with Crippen LogP contribution in [-0.4, -0.2) is 36.6 Å². The molecule has 1 saturated heterocycles. The Morgan fingerprint density at radius 2 is 2.05 bits per heavy atom. The molecule has 3 rings (SSSR count). The second kappa shape index (κ2) is 4.92. The van der Waals surface area contributed by atoms with Crippen molar-refractivity contribution in [1.29, 1.82) is 0 Å². The van der Waals surface area contributed by atoms with Gasteiger partial charge in [-0.25, -0.2) is 0 Å². The van der Waals surface area contributed by atoms with E-state index in [9.17, 15) is 4.79 Å². The van der Waals surface area contributed by atoms with Crippen LogP contribution in [0, 0.1) is 0 Å². The first-order valence-electron chi connectivity index (χ1n) is 6.65. The van der Waals surface area contributed by atoms with Gasteiger partial charge >= 0.3 is 0 Å². The summed E-state index contributed by atoms with van der Waals surface area (Å²) < 4.78 is 5.37. The first kappa shape index (κ1) is 12.6. The lowest BCUT2D eigenvalue weighted by atomic mass is 10.0. The van der Waals surface area contributed by atoms with Crippen molar-refractivity contribution in [2.45, 2.75) is 24.5 Å². The van der Waals surface area contributed by atoms with Crippen molar-refractivity contribution in [3.8, 4) is 0 Å². The summed E-state index contributed by atoms with van der Waals surface area (Å²) in [5, 5.41) is 0. The van der Waals surface area contributed by atoms with E-state index >= 15 is 0 Å². The zero-order valence-electron chi connectivity index (χ0n) is 10.8. The number of carbonyl (C=O) groups excluding carboxylic acids is 1. The van der Waals surface area contributed by atoms with Crippen LogP contribution in [0.1, 0.15) is 29.6 Å². The lowest BCUT2D eigenvalue weighted by molar-refractivity contribution is -0.131. The van der Waals surface area contributed by atoms with Crippen LogP contribution in [0.15, 0.2) is 24.3 Å². The van der Waals surface area contributed by atoms with Gasteiger partial charge in [0, 0.05) is 18.6 Å². The van der Waals surface area contributed by atoms with Crippen LogP contribution in [0.2, 0.25) is 0 Å². The first-order valence-corrected chi connectivity index (χ1v) is 6.65. The number of primary amides is 1. The standard InChI is InChI=1S/C14H19N3O2/c15-11-7-12(10-4-2-1-3-9(10)11)17-5-6-19-8-13(17)14(16)18/h1-4,11-13H,5-8,15H2,(H2,16,18). The van der Waals surface area contributed by atoms with Crippen LogP contribution in [-0.2, 0) is 9.53 Å². The fourth-order valence-electron chi connectivity index (χ4n) is 3.20. The highest BCUT2D eigenvalue weighted by Crippen LogP contribution is 2.41. The normalized spacial score (nSPS) is 31.1. The molecule has 0 bridgehead atoms. The molecule has 2 aliphatic rings. The smallest absolute Gasteiger partial charge is 0.237 e. The van der Waals surface area contributed by atoms with E-state index in [0.29, 0.717) is 13.2 Å². The number of hydrogen-bond donors (Lipinski definition) is 2. The van der Waals surface area contributed by atoms with Crippen molar-refractivity contribution >= 4 is 5.91 Å². The second-order valence-electron chi connectivity index (χ2n) is 5.22. The van der Waals surface area contributed by atoms with Gasteiger partial charge in [0.15, 0.2) is 0 Å². The van der Waals surface area contributed by atoms with Gasteiger partial charge in [-0.2, -0.15) is 0 Å². The van der Waals surface area contributed by atoms with Gasteiger partial charge in [-0.3, -0.25) is 9.69 Å². The third kappa shape index (κ3) is 2.14. The molecule has 0 saturated carbocycles. The minimum atomic E-state index is -0.350. The summed E-state index contributed by atoms with van der Waals surface area (Å²) in [5.74, 6) is -0.322. The summed E-state index contributed by atoms with van der Waals surface area (Å²) in [7, 11) is 0. The Hall–Kier alpha value is -1.43. The molecule has 19 heavy (non-hydrogen) atoms. The van der Waals surface area contributed by atoms with E-state index in [1.54, 1.807) is 0 Å². The summed E-state index contributed by atoms with van der Waals surface area (Å²) in [6, 6.07) is 8.05. The average molecular weight is 261 g/mol. The molecule has 102 valence electrons. The number of hydrogen-bond acceptors (Lipinski definition) is 4. The molecular formula is C14H19N3O2. The minimum absolute atomic E-state index is 0.0394. The summed E-state index contributed by atoms with van der Waals surface area (Å²) >= 11 is 0. The Labute approximate surface area is 112 Å². The fourth-order valence-corrected chi connectivity index (χ4v) is 3.20. The molecular weight excluding hydrogens is 242 g/mol. The van der Waals surface area contributed by atoms with Crippen LogP contribution in [0.5, 0.6) is 0 Å². The van der Waals surface area contributed by atoms with E-state index in [4.69, 9.17) is 16.2 Å². The molecule has 1 aromatic carbocycles. The van der Waals surface area contributed by atoms with Crippen LogP contribution < -0.4 is 11.5 Å². The molecule has 4 N–H and O–H groups in total. The molecule has 1 amide bonds. The van der Waals surface area contributed by atoms with Gasteiger partial charge in [0.1, 0.15) is 6.04 Å². The van der Waals surface area contributed by atoms with E-state index in [1.165, 1.54) is 11.1 Å². The lowest BCUT2D eigenvalue weighted by Crippen LogP contribution is -2.53. The van der Waals surface area contributed by atoms with Crippen molar-refractivity contribution in [1.82, 2.24) is 4.90 Å². The van der Waals surface area contributed by atoms with Crippen molar-refractivity contribution < 1.29 is 9.53 Å². The van der Waals surface area contributed by atoms with E-state index in [-0.39, 0.29) is 24.0 Å². The maximum atomic E-state index is 11.6. The molecule has 1 heterocycles. The first-order chi connectivity index (χ1) is 9.18. The predicted octanol–water partition coefficient (Wildman–Crippen LogP) is 0.317. The van der Waals surface area contributed by atoms with E-state index in [1.807, 2.05) is 12.1 Å². The number of nitrogens with two attached hydrogens (primary N) is 2. The van der Waals surface area contributed by atoms with Crippen LogP contribution >= 0.6 is 0 Å². The average Bonchev–Trinajstić information content (AvgIpc) is 2.77. The monoisotopic (exact) mass is 261 g/mol. The SMILES string of the molecule is NC(=O)C1COCCN1C1CC(N)c2ccccc21. The fraction of sp³-hybridized carbons (Fsp3) is 0.500. The van der Waals surface area contributed by atoms with E-state index < -0.39 is 0 Å². The molecule has 0 radical (unpaired) electrons. The maximum Gasteiger partial charge on any atom is 0.237 e. The number of amides is 1. The Bertz CT molecular complexity index is 491. The van der Waals surface area contributed by atoms with E-state index in [2.05, 4.69) is 17.0 Å². The van der Waals surface area contributed by atoms with Crippen molar-refractivity contribution in [2.75, 3.05) is 19.8 Å². The minimum Gasteiger partial charge on any atom is -0.378 e. The van der Waals surface area contributed by atoms with Crippen molar-refractivity contribution in [3.05, 3.63) is 35.4 Å². The molecule has 0 spiro atoms. The van der Waals surface area contributed by atoms with Gasteiger partial charge in [-0.1, -0.05) is 24.3 Å². The van der Waals surface area contributed by atoms with Crippen LogP contribution in [0.4, 0.5) is 0 Å². The Kier molecular flexibility index (Phi) is 3.26. The molecule has 5 nitrogen and oxygen atoms in total. The van der Waals surface area contributed by atoms with Gasteiger partial charge in [-0.15, -0.1) is 0 Å². The third-order valence-electron chi connectivity index (χ3n) is 4.13. The number of nitrogens with zero attached hydrogens (tertiary/aromatic N) is 1. The Morgan fingerprint density at radius 1 is 1.32 bits per heavy atom. The summed E-state index contributed by atoms with van der Waals surface area (Å²) in [4.78, 5) is 13.7. The molecule has 3 atom stereocenters. The van der Waals surface area contributed by atoms with Crippen molar-refractivity contribution in [2.24, 2.45) is 11.5 Å². The van der Waals surface area contributed by atoms with Crippen LogP contribution in [0.3, 0.4) is 0 Å². The quantitative estimate of drug-likeness (QED) is 0.803. The van der Waals surface area contributed by atoms with E-state index in [0.717, 1.165) is 13.0 Å². The zero-order chi connectivity index (χ0) is 13.4. The number of fused-ring (bicyclic) bond motifs is 1. The number of rotatable bonds is 2. The molecule has 1 aromatic rings. The van der Waals surface area contributed by atoms with Gasteiger partial charge in [0.25, 0.3) is 0 Å². The topological polar surface area (TPSA) is 81.6 Å². The highest BCUT2D eigenvalue weighted by molar-refractivity contribution is 5.80. The highest BCUT2D eigenvalue weighted by atomic mass is 16.5. The van der Waals surface area contributed by atoms with Gasteiger partial charge in [0.05, 0.1) is 13.2 Å². The maximum absolute atomic E-state index is 11.6. The molecule has 3 unspecified atom stereocenters. The van der Waals surface area contributed by atoms with Gasteiger partial charge in [0.2, 0.25) is 5.91 Å². The molecule has 1 fully saturated rings. The number of benzene rings is 1. The summed E-state index contributed by atoms with van der Waals surface area (Å²) in [6.07, 6.45) is 0.836. The Balaban J connectivity index is 1.92. The molecule has 5 heteroatoms. The molecule has 1 aliphatic carbocycles. The number of ether oxygens (including phenoxy) is 1. The van der Waals surface area contributed by atoms with Gasteiger partial charge in [-0.05, 0) is 17.5 Å². The summed E-state index contributed by atoms with van der Waals surface area (Å²) in [5.41, 5.74) is 14.1. The lowest BCUT2D eigenvalue weighted by Gasteiger charge is -2.38. The second-order valence-corrected chi connectivity index (χ2v) is 5.22. The zero-order valence-corrected chi connectivity index (χ0v) is 10.8. The number of morpholine rings is 1. The van der Waals surface area contributed by atoms with Crippen molar-refractivity contribution in [3.63, 3.8) is 0 Å². The third-order valence-corrected chi connectivity index (χ3v) is 4.13. The summed E-state index contributed by atoms with van der Waals surface area (Å²) in [6.45, 7) is 1.74. The highest BCUT2D eigenvalue weighted by Gasteiger charge is 2.39. The number of carbonyl (C=O) groups is 1. The predicted molar refractivity (Wildman–Crippen MR) is 71.2 cm³/mol. The Morgan fingerprint density at radius 3 is 2.79 bits per heavy atom. The largest absolute Gasteiger partial charge is 0.378 e. The van der Waals surface area contributed by atoms with Gasteiger partial charge < -0.3 is 16.2 Å². The molecule has 0 aromatic heterocycles. The molecule has 1 aliphatic heterocycles. The van der Waals surface area contributed by atoms with Crippen LogP contribution in [0.25, 0.3) is 0 Å².